The van der Waals surface area contributed by atoms with Crippen molar-refractivity contribution in [2.24, 2.45) is 0 Å². The Morgan fingerprint density at radius 1 is 1.35 bits per heavy atom. The van der Waals surface area contributed by atoms with E-state index in [-0.39, 0.29) is 28.6 Å². The molecule has 1 amide bonds. The van der Waals surface area contributed by atoms with Gasteiger partial charge in [-0.2, -0.15) is 0 Å². The molecule has 0 spiro atoms. The monoisotopic (exact) mass is 339 g/mol. The predicted molar refractivity (Wildman–Crippen MR) is 73.0 cm³/mol. The lowest BCUT2D eigenvalue weighted by atomic mass is 10.2. The molecule has 0 unspecified atom stereocenters. The molecule has 0 aromatic carbocycles. The number of rotatable bonds is 4. The van der Waals surface area contributed by atoms with Crippen molar-refractivity contribution in [1.82, 2.24) is 10.3 Å². The second kappa shape index (κ2) is 8.64. The number of carbonyl (C=O) groups is 1. The van der Waals surface area contributed by atoms with Crippen molar-refractivity contribution in [1.29, 1.82) is 0 Å². The molecule has 0 aliphatic carbocycles. The smallest absolute Gasteiger partial charge is 0.254 e. The number of nitrogens with one attached hydrogen (secondary N) is 2. The van der Waals surface area contributed by atoms with Crippen molar-refractivity contribution in [3.8, 4) is 0 Å². The van der Waals surface area contributed by atoms with Crippen LogP contribution in [0.15, 0.2) is 12.1 Å². The van der Waals surface area contributed by atoms with Crippen molar-refractivity contribution in [2.75, 3.05) is 39.4 Å². The predicted octanol–water partition coefficient (Wildman–Crippen LogP) is -2.96. The van der Waals surface area contributed by atoms with Gasteiger partial charge >= 0.3 is 0 Å². The van der Waals surface area contributed by atoms with Crippen LogP contribution < -0.4 is 22.6 Å². The van der Waals surface area contributed by atoms with Crippen LogP contribution in [0.1, 0.15) is 10.4 Å². The summed E-state index contributed by atoms with van der Waals surface area (Å²) in [6.07, 6.45) is 0. The molecule has 1 aliphatic rings. The highest BCUT2D eigenvalue weighted by molar-refractivity contribution is 6.34. The fourth-order valence-corrected chi connectivity index (χ4v) is 2.37. The van der Waals surface area contributed by atoms with Crippen LogP contribution in [0.4, 0.5) is 0 Å². The van der Waals surface area contributed by atoms with Gasteiger partial charge in [-0.1, -0.05) is 23.2 Å². The van der Waals surface area contributed by atoms with Gasteiger partial charge in [-0.15, -0.1) is 0 Å². The highest BCUT2D eigenvalue weighted by atomic mass is 35.5. The van der Waals surface area contributed by atoms with Gasteiger partial charge in [-0.25, -0.2) is 4.98 Å². The van der Waals surface area contributed by atoms with Gasteiger partial charge in [0.2, 0.25) is 0 Å². The van der Waals surface area contributed by atoms with Gasteiger partial charge in [0.1, 0.15) is 23.4 Å². The minimum absolute atomic E-state index is 0. The van der Waals surface area contributed by atoms with Gasteiger partial charge in [-0.3, -0.25) is 4.79 Å². The van der Waals surface area contributed by atoms with Crippen molar-refractivity contribution in [3.63, 3.8) is 0 Å². The maximum Gasteiger partial charge on any atom is 0.254 e. The zero-order chi connectivity index (χ0) is 13.7. The average molecular weight is 341 g/mol. The number of quaternary nitrogens is 1. The summed E-state index contributed by atoms with van der Waals surface area (Å²) < 4.78 is 5.28. The van der Waals surface area contributed by atoms with E-state index < -0.39 is 0 Å². The van der Waals surface area contributed by atoms with Crippen LogP contribution in [0.3, 0.4) is 0 Å². The third-order valence-electron chi connectivity index (χ3n) is 3.02. The molecule has 2 N–H and O–H groups in total. The third kappa shape index (κ3) is 5.07. The molecule has 1 aromatic heterocycles. The van der Waals surface area contributed by atoms with Gasteiger partial charge < -0.3 is 27.4 Å². The van der Waals surface area contributed by atoms with Crippen molar-refractivity contribution < 1.29 is 26.8 Å². The first-order valence-corrected chi connectivity index (χ1v) is 6.94. The van der Waals surface area contributed by atoms with Gasteiger partial charge in [-0.05, 0) is 12.1 Å². The van der Waals surface area contributed by atoms with Crippen molar-refractivity contribution in [2.45, 2.75) is 0 Å². The van der Waals surface area contributed by atoms with Crippen molar-refractivity contribution >= 4 is 29.1 Å². The first kappa shape index (κ1) is 17.5. The van der Waals surface area contributed by atoms with Gasteiger partial charge in [0.15, 0.2) is 0 Å². The average Bonchev–Trinajstić information content (AvgIpc) is 2.39. The zero-order valence-corrected chi connectivity index (χ0v) is 13.1. The summed E-state index contributed by atoms with van der Waals surface area (Å²) in [5, 5.41) is 3.24. The number of aromatic nitrogens is 1. The molecule has 20 heavy (non-hydrogen) atoms. The Kier molecular flexibility index (Phi) is 7.55. The molecule has 1 aliphatic heterocycles. The SMILES string of the molecule is O=C(NCC[NH+]1CCOCC1)c1ccc(Cl)nc1Cl.[Cl-]. The van der Waals surface area contributed by atoms with Gasteiger partial charge in [0.25, 0.3) is 5.91 Å². The van der Waals surface area contributed by atoms with E-state index in [1.54, 1.807) is 12.1 Å². The van der Waals surface area contributed by atoms with Crippen LogP contribution in [0.2, 0.25) is 10.3 Å². The Hall–Kier alpha value is -0.590. The van der Waals surface area contributed by atoms with E-state index in [0.717, 1.165) is 32.8 Å². The highest BCUT2D eigenvalue weighted by Gasteiger charge is 2.15. The fraction of sp³-hybridized carbons (Fsp3) is 0.500. The van der Waals surface area contributed by atoms with E-state index in [0.29, 0.717) is 12.1 Å². The molecule has 2 rings (SSSR count). The Labute approximate surface area is 134 Å². The molecule has 0 radical (unpaired) electrons. The molecular formula is C12H16Cl3N3O2. The van der Waals surface area contributed by atoms with E-state index >= 15 is 0 Å². The number of pyridine rings is 1. The summed E-state index contributed by atoms with van der Waals surface area (Å²) in [5.41, 5.74) is 0.350. The lowest BCUT2D eigenvalue weighted by molar-refractivity contribution is -0.906. The second-order valence-electron chi connectivity index (χ2n) is 4.34. The Balaban J connectivity index is 0.00000200. The summed E-state index contributed by atoms with van der Waals surface area (Å²) in [4.78, 5) is 17.2. The van der Waals surface area contributed by atoms with E-state index in [4.69, 9.17) is 27.9 Å². The second-order valence-corrected chi connectivity index (χ2v) is 5.09. The number of halogens is 3. The minimum Gasteiger partial charge on any atom is -1.00 e. The molecule has 0 saturated carbocycles. The fourth-order valence-electron chi connectivity index (χ4n) is 1.94. The van der Waals surface area contributed by atoms with Crippen molar-refractivity contribution in [3.05, 3.63) is 28.0 Å². The van der Waals surface area contributed by atoms with Crippen LogP contribution in [0, 0.1) is 0 Å². The molecule has 1 aromatic rings. The van der Waals surface area contributed by atoms with Crippen LogP contribution >= 0.6 is 23.2 Å². The van der Waals surface area contributed by atoms with E-state index in [1.807, 2.05) is 0 Å². The van der Waals surface area contributed by atoms with Gasteiger partial charge in [0.05, 0.1) is 31.9 Å². The van der Waals surface area contributed by atoms with E-state index in [9.17, 15) is 4.79 Å². The maximum absolute atomic E-state index is 11.9. The molecule has 8 heteroatoms. The number of carbonyl (C=O) groups excluding carboxylic acids is 1. The molecule has 1 fully saturated rings. The van der Waals surface area contributed by atoms with E-state index in [1.165, 1.54) is 4.90 Å². The topological polar surface area (TPSA) is 55.7 Å². The first-order valence-electron chi connectivity index (χ1n) is 6.18. The number of hydrogen-bond donors (Lipinski definition) is 2. The summed E-state index contributed by atoms with van der Waals surface area (Å²) in [6.45, 7) is 5.03. The molecule has 2 heterocycles. The summed E-state index contributed by atoms with van der Waals surface area (Å²) in [7, 11) is 0. The molecule has 0 bridgehead atoms. The number of hydrogen-bond acceptors (Lipinski definition) is 3. The summed E-state index contributed by atoms with van der Waals surface area (Å²) >= 11 is 11.6. The first-order chi connectivity index (χ1) is 9.16. The Morgan fingerprint density at radius 2 is 2.05 bits per heavy atom. The molecule has 0 atom stereocenters. The van der Waals surface area contributed by atoms with Crippen LogP contribution in [-0.4, -0.2) is 50.3 Å². The molecular weight excluding hydrogens is 325 g/mol. The molecule has 5 nitrogen and oxygen atoms in total. The molecule has 112 valence electrons. The van der Waals surface area contributed by atoms with Crippen LogP contribution in [0.25, 0.3) is 0 Å². The standard InChI is InChI=1S/C12H15Cl2N3O2.ClH/c13-10-2-1-9(11(14)16-10)12(18)15-3-4-17-5-7-19-8-6-17;/h1-2H,3-8H2,(H,15,18);1H. The molecule has 1 saturated heterocycles. The number of morpholine rings is 1. The van der Waals surface area contributed by atoms with E-state index in [2.05, 4.69) is 10.3 Å². The lowest BCUT2D eigenvalue weighted by Crippen LogP contribution is -3.14. The maximum atomic E-state index is 11.9. The van der Waals surface area contributed by atoms with Gasteiger partial charge in [0, 0.05) is 0 Å². The number of nitrogens with zero attached hydrogens (tertiary/aromatic N) is 1. The lowest BCUT2D eigenvalue weighted by Gasteiger charge is -2.23. The van der Waals surface area contributed by atoms with Crippen LogP contribution in [-0.2, 0) is 4.74 Å². The largest absolute Gasteiger partial charge is 1.00 e. The summed E-state index contributed by atoms with van der Waals surface area (Å²) in [5.74, 6) is -0.221. The minimum atomic E-state index is -0.221. The third-order valence-corrected chi connectivity index (χ3v) is 3.52. The number of ether oxygens (including phenoxy) is 1. The Bertz CT molecular complexity index is 454. The number of amides is 1. The normalized spacial score (nSPS) is 15.5. The summed E-state index contributed by atoms with van der Waals surface area (Å²) in [6, 6.07) is 3.13. The van der Waals surface area contributed by atoms with Crippen LogP contribution in [0.5, 0.6) is 0 Å². The zero-order valence-electron chi connectivity index (χ0n) is 10.8. The quantitative estimate of drug-likeness (QED) is 0.576. The Morgan fingerprint density at radius 3 is 2.70 bits per heavy atom. The highest BCUT2D eigenvalue weighted by Crippen LogP contribution is 2.16.